The third-order valence-electron chi connectivity index (χ3n) is 5.88. The van der Waals surface area contributed by atoms with Gasteiger partial charge in [0.05, 0.1) is 6.54 Å². The number of aryl methyl sites for hydroxylation is 1. The van der Waals surface area contributed by atoms with Crippen LogP contribution in [-0.4, -0.2) is 23.3 Å². The fourth-order valence-corrected chi connectivity index (χ4v) is 4.18. The molecule has 3 rings (SSSR count). The standard InChI is InChI=1S/C24H31N3O/c1-6-11-25-15-21-12-18(5)20(13-22(21)16(2)3)14-23-26-27-24(28-23)19-9-7-17(4)8-10-19/h1,7-10,12,16,20-22,25H,11,13-15H2,2-5H3/t20-,21+,22+/m1/s1. The van der Waals surface area contributed by atoms with Crippen LogP contribution in [0.1, 0.15) is 38.6 Å². The van der Waals surface area contributed by atoms with Crippen molar-refractivity contribution in [2.24, 2.45) is 23.7 Å². The summed E-state index contributed by atoms with van der Waals surface area (Å²) < 4.78 is 5.98. The van der Waals surface area contributed by atoms with Crippen LogP contribution < -0.4 is 5.32 Å². The molecule has 0 saturated carbocycles. The zero-order chi connectivity index (χ0) is 20.1. The molecule has 1 N–H and O–H groups in total. The Morgan fingerprint density at radius 1 is 1.21 bits per heavy atom. The first-order chi connectivity index (χ1) is 13.5. The maximum absolute atomic E-state index is 5.98. The molecule has 28 heavy (non-hydrogen) atoms. The van der Waals surface area contributed by atoms with Crippen LogP contribution in [0.15, 0.2) is 40.3 Å². The molecule has 1 aromatic heterocycles. The van der Waals surface area contributed by atoms with Crippen LogP contribution in [0.4, 0.5) is 0 Å². The summed E-state index contributed by atoms with van der Waals surface area (Å²) in [6, 6.07) is 8.19. The van der Waals surface area contributed by atoms with Gasteiger partial charge in [0.15, 0.2) is 0 Å². The molecule has 1 aliphatic rings. The highest BCUT2D eigenvalue weighted by Crippen LogP contribution is 2.38. The normalized spacial score (nSPS) is 22.1. The molecule has 2 aromatic rings. The summed E-state index contributed by atoms with van der Waals surface area (Å²) in [4.78, 5) is 0. The zero-order valence-corrected chi connectivity index (χ0v) is 17.4. The van der Waals surface area contributed by atoms with Crippen molar-refractivity contribution in [3.8, 4) is 23.8 Å². The van der Waals surface area contributed by atoms with Crippen LogP contribution in [0.25, 0.3) is 11.5 Å². The molecule has 0 bridgehead atoms. The Kier molecular flexibility index (Phi) is 6.70. The van der Waals surface area contributed by atoms with E-state index in [-0.39, 0.29) is 0 Å². The Morgan fingerprint density at radius 3 is 2.64 bits per heavy atom. The molecule has 1 aliphatic carbocycles. The van der Waals surface area contributed by atoms with Gasteiger partial charge in [-0.15, -0.1) is 16.6 Å². The third-order valence-corrected chi connectivity index (χ3v) is 5.88. The quantitative estimate of drug-likeness (QED) is 0.433. The summed E-state index contributed by atoms with van der Waals surface area (Å²) in [5.41, 5.74) is 3.61. The number of hydrogen-bond donors (Lipinski definition) is 1. The van der Waals surface area contributed by atoms with Gasteiger partial charge in [0.2, 0.25) is 11.8 Å². The van der Waals surface area contributed by atoms with Crippen molar-refractivity contribution in [2.45, 2.75) is 40.5 Å². The number of nitrogens with zero attached hydrogens (tertiary/aromatic N) is 2. The maximum Gasteiger partial charge on any atom is 0.247 e. The Hall–Kier alpha value is -2.38. The van der Waals surface area contributed by atoms with Crippen molar-refractivity contribution in [3.63, 3.8) is 0 Å². The maximum atomic E-state index is 5.98. The molecule has 0 fully saturated rings. The van der Waals surface area contributed by atoms with Crippen molar-refractivity contribution < 1.29 is 4.42 Å². The fourth-order valence-electron chi connectivity index (χ4n) is 4.18. The van der Waals surface area contributed by atoms with Crippen LogP contribution in [0, 0.1) is 42.9 Å². The van der Waals surface area contributed by atoms with Gasteiger partial charge < -0.3 is 9.73 Å². The molecule has 0 unspecified atom stereocenters. The molecule has 3 atom stereocenters. The Labute approximate surface area is 168 Å². The van der Waals surface area contributed by atoms with E-state index in [9.17, 15) is 0 Å². The van der Waals surface area contributed by atoms with Gasteiger partial charge in [0.1, 0.15) is 0 Å². The molecule has 4 heteroatoms. The first-order valence-electron chi connectivity index (χ1n) is 10.2. The smallest absolute Gasteiger partial charge is 0.247 e. The minimum Gasteiger partial charge on any atom is -0.421 e. The zero-order valence-electron chi connectivity index (χ0n) is 17.4. The second-order valence-electron chi connectivity index (χ2n) is 8.32. The first-order valence-corrected chi connectivity index (χ1v) is 10.2. The number of rotatable bonds is 7. The summed E-state index contributed by atoms with van der Waals surface area (Å²) in [6.07, 6.45) is 9.75. The lowest BCUT2D eigenvalue weighted by Gasteiger charge is -2.37. The number of benzene rings is 1. The molecule has 4 nitrogen and oxygen atoms in total. The summed E-state index contributed by atoms with van der Waals surface area (Å²) >= 11 is 0. The monoisotopic (exact) mass is 377 g/mol. The molecule has 1 heterocycles. The van der Waals surface area contributed by atoms with Gasteiger partial charge in [0.25, 0.3) is 0 Å². The molecular formula is C24H31N3O. The summed E-state index contributed by atoms with van der Waals surface area (Å²) in [7, 11) is 0. The second-order valence-corrected chi connectivity index (χ2v) is 8.32. The van der Waals surface area contributed by atoms with Gasteiger partial charge >= 0.3 is 0 Å². The average Bonchev–Trinajstić information content (AvgIpc) is 3.13. The second kappa shape index (κ2) is 9.21. The van der Waals surface area contributed by atoms with Gasteiger partial charge in [-0.05, 0) is 56.1 Å². The lowest BCUT2D eigenvalue weighted by Crippen LogP contribution is -2.35. The average molecular weight is 378 g/mol. The molecule has 0 spiro atoms. The third kappa shape index (κ3) is 4.91. The van der Waals surface area contributed by atoms with Crippen molar-refractivity contribution in [3.05, 3.63) is 47.4 Å². The molecule has 0 saturated heterocycles. The number of nitrogens with one attached hydrogen (secondary N) is 1. The van der Waals surface area contributed by atoms with Crippen molar-refractivity contribution in [1.82, 2.24) is 15.5 Å². The van der Waals surface area contributed by atoms with Crippen molar-refractivity contribution in [1.29, 1.82) is 0 Å². The lowest BCUT2D eigenvalue weighted by molar-refractivity contribution is 0.220. The van der Waals surface area contributed by atoms with E-state index in [4.69, 9.17) is 10.8 Å². The van der Waals surface area contributed by atoms with E-state index in [1.807, 2.05) is 12.1 Å². The molecule has 1 aromatic carbocycles. The van der Waals surface area contributed by atoms with Gasteiger partial charge in [-0.3, -0.25) is 0 Å². The lowest BCUT2D eigenvalue weighted by atomic mass is 9.70. The topological polar surface area (TPSA) is 51.0 Å². The van der Waals surface area contributed by atoms with Crippen LogP contribution in [0.2, 0.25) is 0 Å². The molecule has 148 valence electrons. The highest BCUT2D eigenvalue weighted by Gasteiger charge is 2.32. The van der Waals surface area contributed by atoms with E-state index in [1.54, 1.807) is 0 Å². The van der Waals surface area contributed by atoms with Gasteiger partial charge in [-0.1, -0.05) is 49.1 Å². The summed E-state index contributed by atoms with van der Waals surface area (Å²) in [5.74, 6) is 6.20. The van der Waals surface area contributed by atoms with Crippen molar-refractivity contribution in [2.75, 3.05) is 13.1 Å². The van der Waals surface area contributed by atoms with Crippen LogP contribution in [0.5, 0.6) is 0 Å². The molecular weight excluding hydrogens is 346 g/mol. The molecule has 0 amide bonds. The number of aromatic nitrogens is 2. The Balaban J connectivity index is 1.71. The highest BCUT2D eigenvalue weighted by atomic mass is 16.4. The van der Waals surface area contributed by atoms with E-state index in [0.717, 1.165) is 30.8 Å². The van der Waals surface area contributed by atoms with E-state index >= 15 is 0 Å². The van der Waals surface area contributed by atoms with Crippen LogP contribution in [-0.2, 0) is 6.42 Å². The largest absolute Gasteiger partial charge is 0.421 e. The first kappa shape index (κ1) is 20.4. The molecule has 0 radical (unpaired) electrons. The van der Waals surface area contributed by atoms with Gasteiger partial charge in [-0.25, -0.2) is 0 Å². The summed E-state index contributed by atoms with van der Waals surface area (Å²) in [5, 5.41) is 12.0. The Bertz CT molecular complexity index is 841. The summed E-state index contributed by atoms with van der Waals surface area (Å²) in [6.45, 7) is 10.5. The molecule has 0 aliphatic heterocycles. The SMILES string of the molecule is C#CCNC[C@@H]1C=C(C)[C@@H](Cc2nnc(-c3ccc(C)cc3)o2)C[C@H]1C(C)C. The van der Waals surface area contributed by atoms with E-state index in [1.165, 1.54) is 11.1 Å². The minimum atomic E-state index is 0.447. The van der Waals surface area contributed by atoms with E-state index < -0.39 is 0 Å². The number of hydrogen-bond acceptors (Lipinski definition) is 4. The number of allylic oxidation sites excluding steroid dienone is 1. The predicted octanol–water partition coefficient (Wildman–Crippen LogP) is 4.66. The highest BCUT2D eigenvalue weighted by molar-refractivity contribution is 5.52. The number of terminal acetylenes is 1. The minimum absolute atomic E-state index is 0.447. The van der Waals surface area contributed by atoms with E-state index in [0.29, 0.717) is 36.1 Å². The van der Waals surface area contributed by atoms with Crippen LogP contribution >= 0.6 is 0 Å². The van der Waals surface area contributed by atoms with Gasteiger partial charge in [0, 0.05) is 18.5 Å². The van der Waals surface area contributed by atoms with Crippen molar-refractivity contribution >= 4 is 0 Å². The predicted molar refractivity (Wildman–Crippen MR) is 114 cm³/mol. The van der Waals surface area contributed by atoms with E-state index in [2.05, 4.69) is 67.3 Å². The fraction of sp³-hybridized carbons (Fsp3) is 0.500. The van der Waals surface area contributed by atoms with Gasteiger partial charge in [-0.2, -0.15) is 0 Å². The Morgan fingerprint density at radius 2 is 1.96 bits per heavy atom. The van der Waals surface area contributed by atoms with Crippen LogP contribution in [0.3, 0.4) is 0 Å².